The number of H-pyrrole nitrogens is 1. The van der Waals surface area contributed by atoms with Gasteiger partial charge in [-0.05, 0) is 24.3 Å². The molecule has 1 amide bonds. The topological polar surface area (TPSA) is 83.9 Å². The fourth-order valence-corrected chi connectivity index (χ4v) is 3.04. The number of rotatable bonds is 3. The second-order valence-electron chi connectivity index (χ2n) is 6.33. The smallest absolute Gasteiger partial charge is 0.275 e. The Hall–Kier alpha value is -3.55. The number of nitrogens with one attached hydrogen (secondary N) is 1. The highest BCUT2D eigenvalue weighted by Crippen LogP contribution is 2.17. The van der Waals surface area contributed by atoms with Crippen molar-refractivity contribution in [1.29, 1.82) is 0 Å². The molecule has 4 rings (SSSR count). The molecule has 0 saturated heterocycles. The van der Waals surface area contributed by atoms with Crippen LogP contribution >= 0.6 is 0 Å². The minimum atomic E-state index is -0.358. The van der Waals surface area contributed by atoms with E-state index in [1.54, 1.807) is 37.4 Å². The third kappa shape index (κ3) is 2.95. The van der Waals surface area contributed by atoms with Gasteiger partial charge in [0.15, 0.2) is 5.69 Å². The molecule has 2 heterocycles. The van der Waals surface area contributed by atoms with E-state index >= 15 is 0 Å². The number of nitrogens with zero attached hydrogens (tertiary/aromatic N) is 4. The molecule has 0 radical (unpaired) electrons. The fraction of sp³-hybridized carbons (Fsp3) is 0.158. The fourth-order valence-electron chi connectivity index (χ4n) is 3.04. The monoisotopic (exact) mass is 365 g/mol. The zero-order valence-corrected chi connectivity index (χ0v) is 14.7. The standard InChI is InChI=1S/C19H16FN5O2/c1-24(10-16-21-14-8-7-11(20)9-15(14)22-16)19(27)17-12-5-3-4-6-13(12)18(26)25(2)23-17/h3-9H,10H2,1-2H3,(H,21,22). The van der Waals surface area contributed by atoms with Gasteiger partial charge in [-0.25, -0.2) is 14.1 Å². The molecule has 0 aliphatic rings. The highest BCUT2D eigenvalue weighted by molar-refractivity contribution is 6.04. The predicted molar refractivity (Wildman–Crippen MR) is 98.8 cm³/mol. The van der Waals surface area contributed by atoms with Gasteiger partial charge in [-0.3, -0.25) is 9.59 Å². The summed E-state index contributed by atoms with van der Waals surface area (Å²) in [6.45, 7) is 0.188. The minimum Gasteiger partial charge on any atom is -0.340 e. The Morgan fingerprint density at radius 2 is 1.96 bits per heavy atom. The zero-order valence-electron chi connectivity index (χ0n) is 14.7. The molecule has 4 aromatic rings. The number of hydrogen-bond acceptors (Lipinski definition) is 4. The molecule has 0 fully saturated rings. The summed E-state index contributed by atoms with van der Waals surface area (Å²) in [7, 11) is 3.14. The maximum absolute atomic E-state index is 13.3. The maximum Gasteiger partial charge on any atom is 0.275 e. The molecular weight excluding hydrogens is 349 g/mol. The van der Waals surface area contributed by atoms with E-state index in [9.17, 15) is 14.0 Å². The van der Waals surface area contributed by atoms with Crippen LogP contribution in [0.25, 0.3) is 21.8 Å². The van der Waals surface area contributed by atoms with E-state index in [0.29, 0.717) is 27.6 Å². The van der Waals surface area contributed by atoms with E-state index in [1.807, 2.05) is 0 Å². The number of aromatic amines is 1. The first-order chi connectivity index (χ1) is 12.9. The Kier molecular flexibility index (Phi) is 3.95. The molecule has 0 atom stereocenters. The van der Waals surface area contributed by atoms with Crippen LogP contribution in [0.5, 0.6) is 0 Å². The normalized spacial score (nSPS) is 11.2. The van der Waals surface area contributed by atoms with Crippen LogP contribution in [0, 0.1) is 5.82 Å². The summed E-state index contributed by atoms with van der Waals surface area (Å²) in [5.74, 6) is -0.169. The van der Waals surface area contributed by atoms with Crippen molar-refractivity contribution >= 4 is 27.7 Å². The molecule has 1 N–H and O–H groups in total. The molecule has 0 saturated carbocycles. The molecule has 2 aromatic carbocycles. The number of imidazole rings is 1. The van der Waals surface area contributed by atoms with Crippen LogP contribution in [0.15, 0.2) is 47.3 Å². The minimum absolute atomic E-state index is 0.188. The molecule has 2 aromatic heterocycles. The van der Waals surface area contributed by atoms with Crippen molar-refractivity contribution in [1.82, 2.24) is 24.6 Å². The van der Waals surface area contributed by atoms with Crippen LogP contribution in [0.2, 0.25) is 0 Å². The number of aromatic nitrogens is 4. The third-order valence-electron chi connectivity index (χ3n) is 4.39. The van der Waals surface area contributed by atoms with Gasteiger partial charge in [0.25, 0.3) is 11.5 Å². The average Bonchev–Trinajstić information content (AvgIpc) is 3.05. The highest BCUT2D eigenvalue weighted by atomic mass is 19.1. The predicted octanol–water partition coefficient (Wildman–Crippen LogP) is 2.22. The van der Waals surface area contributed by atoms with Gasteiger partial charge in [0.1, 0.15) is 11.6 Å². The molecule has 0 unspecified atom stereocenters. The van der Waals surface area contributed by atoms with Crippen LogP contribution in [-0.2, 0) is 13.6 Å². The van der Waals surface area contributed by atoms with Crippen LogP contribution in [0.4, 0.5) is 4.39 Å². The van der Waals surface area contributed by atoms with Gasteiger partial charge in [0.2, 0.25) is 0 Å². The lowest BCUT2D eigenvalue weighted by molar-refractivity contribution is 0.0776. The summed E-state index contributed by atoms with van der Waals surface area (Å²) in [5, 5.41) is 5.09. The second-order valence-corrected chi connectivity index (χ2v) is 6.33. The van der Waals surface area contributed by atoms with Gasteiger partial charge < -0.3 is 9.88 Å². The van der Waals surface area contributed by atoms with E-state index in [0.717, 1.165) is 4.68 Å². The number of hydrogen-bond donors (Lipinski definition) is 1. The van der Waals surface area contributed by atoms with Gasteiger partial charge in [-0.2, -0.15) is 5.10 Å². The first kappa shape index (κ1) is 16.9. The van der Waals surface area contributed by atoms with Crippen molar-refractivity contribution in [3.63, 3.8) is 0 Å². The summed E-state index contributed by atoms with van der Waals surface area (Å²) in [5.41, 5.74) is 1.12. The summed E-state index contributed by atoms with van der Waals surface area (Å²) in [6, 6.07) is 11.1. The van der Waals surface area contributed by atoms with E-state index in [1.165, 1.54) is 24.1 Å². The maximum atomic E-state index is 13.3. The van der Waals surface area contributed by atoms with Crippen LogP contribution in [0.3, 0.4) is 0 Å². The number of benzene rings is 2. The third-order valence-corrected chi connectivity index (χ3v) is 4.39. The quantitative estimate of drug-likeness (QED) is 0.603. The summed E-state index contributed by atoms with van der Waals surface area (Å²) in [6.07, 6.45) is 0. The first-order valence-corrected chi connectivity index (χ1v) is 8.29. The van der Waals surface area contributed by atoms with Gasteiger partial charge in [0, 0.05) is 19.5 Å². The molecule has 0 aliphatic carbocycles. The average molecular weight is 365 g/mol. The number of aryl methyl sites for hydroxylation is 1. The van der Waals surface area contributed by atoms with Crippen molar-refractivity contribution in [3.8, 4) is 0 Å². The van der Waals surface area contributed by atoms with Crippen molar-refractivity contribution in [2.75, 3.05) is 7.05 Å². The molecule has 8 heteroatoms. The van der Waals surface area contributed by atoms with E-state index in [4.69, 9.17) is 0 Å². The number of carbonyl (C=O) groups is 1. The molecule has 7 nitrogen and oxygen atoms in total. The number of carbonyl (C=O) groups excluding carboxylic acids is 1. The van der Waals surface area contributed by atoms with Crippen LogP contribution < -0.4 is 5.56 Å². The molecule has 0 bridgehead atoms. The number of fused-ring (bicyclic) bond motifs is 2. The summed E-state index contributed by atoms with van der Waals surface area (Å²) in [4.78, 5) is 34.0. The summed E-state index contributed by atoms with van der Waals surface area (Å²) >= 11 is 0. The van der Waals surface area contributed by atoms with Crippen molar-refractivity contribution in [2.45, 2.75) is 6.54 Å². The zero-order chi connectivity index (χ0) is 19.1. The molecule has 0 aliphatic heterocycles. The van der Waals surface area contributed by atoms with Crippen molar-refractivity contribution < 1.29 is 9.18 Å². The van der Waals surface area contributed by atoms with Crippen molar-refractivity contribution in [2.24, 2.45) is 7.05 Å². The molecule has 27 heavy (non-hydrogen) atoms. The number of halogens is 1. The van der Waals surface area contributed by atoms with Gasteiger partial charge in [-0.1, -0.05) is 18.2 Å². The van der Waals surface area contributed by atoms with Crippen LogP contribution in [0.1, 0.15) is 16.3 Å². The van der Waals surface area contributed by atoms with Crippen LogP contribution in [-0.4, -0.2) is 37.6 Å². The number of amides is 1. The Morgan fingerprint density at radius 1 is 1.22 bits per heavy atom. The second kappa shape index (κ2) is 6.31. The van der Waals surface area contributed by atoms with Gasteiger partial charge in [0.05, 0.1) is 23.0 Å². The van der Waals surface area contributed by atoms with E-state index in [2.05, 4.69) is 15.1 Å². The Morgan fingerprint density at radius 3 is 2.74 bits per heavy atom. The Bertz CT molecular complexity index is 1240. The first-order valence-electron chi connectivity index (χ1n) is 8.29. The molecule has 136 valence electrons. The lowest BCUT2D eigenvalue weighted by Crippen LogP contribution is -2.31. The van der Waals surface area contributed by atoms with Gasteiger partial charge in [-0.15, -0.1) is 0 Å². The highest BCUT2D eigenvalue weighted by Gasteiger charge is 2.20. The summed E-state index contributed by atoms with van der Waals surface area (Å²) < 4.78 is 14.5. The largest absolute Gasteiger partial charge is 0.340 e. The Labute approximate surface area is 153 Å². The molecule has 0 spiro atoms. The van der Waals surface area contributed by atoms with E-state index < -0.39 is 0 Å². The lowest BCUT2D eigenvalue weighted by atomic mass is 10.1. The van der Waals surface area contributed by atoms with E-state index in [-0.39, 0.29) is 29.5 Å². The lowest BCUT2D eigenvalue weighted by Gasteiger charge is -2.16. The van der Waals surface area contributed by atoms with Gasteiger partial charge >= 0.3 is 0 Å². The molecular formula is C19H16FN5O2. The Balaban J connectivity index is 1.69. The van der Waals surface area contributed by atoms with Crippen molar-refractivity contribution in [3.05, 3.63) is 70.2 Å². The SMILES string of the molecule is CN(Cc1nc2ccc(F)cc2[nH]1)C(=O)c1nn(C)c(=O)c2ccccc12.